The molecule has 2 heteroatoms. The molecule has 1 fully saturated rings. The Labute approximate surface area is 97.7 Å². The number of hydrogen-bond acceptors (Lipinski definition) is 2. The van der Waals surface area contributed by atoms with Crippen molar-refractivity contribution in [3.05, 3.63) is 29.8 Å². The quantitative estimate of drug-likeness (QED) is 0.801. The van der Waals surface area contributed by atoms with Crippen LogP contribution in [0.5, 0.6) is 5.75 Å². The van der Waals surface area contributed by atoms with Crippen LogP contribution < -0.4 is 5.32 Å². The van der Waals surface area contributed by atoms with Crippen molar-refractivity contribution in [2.45, 2.75) is 32.1 Å². The molecule has 1 aromatic rings. The van der Waals surface area contributed by atoms with Crippen LogP contribution in [0.15, 0.2) is 24.3 Å². The molecule has 0 atom stereocenters. The number of phenols is 1. The van der Waals surface area contributed by atoms with Gasteiger partial charge < -0.3 is 10.4 Å². The summed E-state index contributed by atoms with van der Waals surface area (Å²) in [6.45, 7) is 6.81. The van der Waals surface area contributed by atoms with Crippen LogP contribution in [0, 0.1) is 5.92 Å². The van der Waals surface area contributed by atoms with Gasteiger partial charge in [-0.05, 0) is 55.0 Å². The molecule has 2 N–H and O–H groups in total. The molecule has 2 rings (SSSR count). The highest BCUT2D eigenvalue weighted by atomic mass is 16.3. The van der Waals surface area contributed by atoms with Gasteiger partial charge in [0.25, 0.3) is 0 Å². The van der Waals surface area contributed by atoms with Gasteiger partial charge in [-0.1, -0.05) is 26.0 Å². The van der Waals surface area contributed by atoms with Crippen molar-refractivity contribution in [1.82, 2.24) is 5.32 Å². The third-order valence-corrected chi connectivity index (χ3v) is 3.95. The Morgan fingerprint density at radius 2 is 1.94 bits per heavy atom. The Morgan fingerprint density at radius 3 is 2.56 bits per heavy atom. The zero-order chi connectivity index (χ0) is 11.6. The zero-order valence-corrected chi connectivity index (χ0v) is 10.2. The van der Waals surface area contributed by atoms with E-state index in [1.807, 2.05) is 12.1 Å². The summed E-state index contributed by atoms with van der Waals surface area (Å²) in [5, 5.41) is 13.0. The lowest BCUT2D eigenvalue weighted by Crippen LogP contribution is -2.38. The minimum Gasteiger partial charge on any atom is -0.508 e. The number of hydrogen-bond donors (Lipinski definition) is 2. The number of benzene rings is 1. The third-order valence-electron chi connectivity index (χ3n) is 3.95. The van der Waals surface area contributed by atoms with Crippen LogP contribution in [0.2, 0.25) is 0 Å². The maximum atomic E-state index is 9.56. The molecule has 2 nitrogen and oxygen atoms in total. The summed E-state index contributed by atoms with van der Waals surface area (Å²) < 4.78 is 0. The van der Waals surface area contributed by atoms with Crippen LogP contribution in [-0.4, -0.2) is 18.2 Å². The van der Waals surface area contributed by atoms with Crippen molar-refractivity contribution in [1.29, 1.82) is 0 Å². The minimum atomic E-state index is 0.154. The van der Waals surface area contributed by atoms with E-state index in [0.717, 1.165) is 13.1 Å². The predicted octanol–water partition coefficient (Wildman–Crippen LogP) is 2.67. The van der Waals surface area contributed by atoms with Crippen LogP contribution in [0.25, 0.3) is 0 Å². The normalized spacial score (nSPS) is 18.6. The Balaban J connectivity index is 2.22. The fourth-order valence-corrected chi connectivity index (χ4v) is 2.69. The van der Waals surface area contributed by atoms with Crippen molar-refractivity contribution in [2.75, 3.05) is 13.1 Å². The Hall–Kier alpha value is -1.02. The van der Waals surface area contributed by atoms with Gasteiger partial charge in [0.15, 0.2) is 0 Å². The maximum absolute atomic E-state index is 9.56. The monoisotopic (exact) mass is 219 g/mol. The van der Waals surface area contributed by atoms with Gasteiger partial charge >= 0.3 is 0 Å². The van der Waals surface area contributed by atoms with E-state index in [1.54, 1.807) is 6.07 Å². The van der Waals surface area contributed by atoms with Gasteiger partial charge in [0, 0.05) is 0 Å². The van der Waals surface area contributed by atoms with E-state index >= 15 is 0 Å². The predicted molar refractivity (Wildman–Crippen MR) is 66.7 cm³/mol. The van der Waals surface area contributed by atoms with Gasteiger partial charge in [0.1, 0.15) is 5.75 Å². The summed E-state index contributed by atoms with van der Waals surface area (Å²) >= 11 is 0. The van der Waals surface area contributed by atoms with Crippen molar-refractivity contribution < 1.29 is 5.11 Å². The maximum Gasteiger partial charge on any atom is 0.115 e. The molecule has 1 heterocycles. The molecule has 0 unspecified atom stereocenters. The molecule has 0 aromatic heterocycles. The first-order valence-electron chi connectivity index (χ1n) is 6.11. The molecule has 88 valence electrons. The Kier molecular flexibility index (Phi) is 3.20. The molecule has 0 spiro atoms. The number of rotatable bonds is 2. The first kappa shape index (κ1) is 11.5. The number of nitrogens with one attached hydrogen (secondary N) is 1. The molecule has 1 aromatic carbocycles. The molecule has 0 amide bonds. The Bertz CT molecular complexity index is 354. The van der Waals surface area contributed by atoms with Gasteiger partial charge in [-0.2, -0.15) is 0 Å². The highest BCUT2D eigenvalue weighted by Crippen LogP contribution is 2.37. The molecule has 1 aliphatic heterocycles. The largest absolute Gasteiger partial charge is 0.508 e. The lowest BCUT2D eigenvalue weighted by atomic mass is 9.69. The highest BCUT2D eigenvalue weighted by Gasteiger charge is 2.32. The second-order valence-corrected chi connectivity index (χ2v) is 5.30. The average molecular weight is 219 g/mol. The second kappa shape index (κ2) is 4.46. The number of piperidine rings is 1. The molecular formula is C14H21NO. The molecule has 0 bridgehead atoms. The van der Waals surface area contributed by atoms with Crippen LogP contribution in [0.4, 0.5) is 0 Å². The highest BCUT2D eigenvalue weighted by molar-refractivity contribution is 5.32. The summed E-state index contributed by atoms with van der Waals surface area (Å²) in [6, 6.07) is 7.71. The Morgan fingerprint density at radius 1 is 1.25 bits per heavy atom. The molecule has 0 aliphatic carbocycles. The van der Waals surface area contributed by atoms with E-state index in [9.17, 15) is 5.11 Å². The summed E-state index contributed by atoms with van der Waals surface area (Å²) in [4.78, 5) is 0. The molecule has 1 aliphatic rings. The van der Waals surface area contributed by atoms with Gasteiger partial charge in [0.2, 0.25) is 0 Å². The molecule has 16 heavy (non-hydrogen) atoms. The van der Waals surface area contributed by atoms with Crippen LogP contribution in [0.1, 0.15) is 32.3 Å². The topological polar surface area (TPSA) is 32.3 Å². The fraction of sp³-hybridized carbons (Fsp3) is 0.571. The average Bonchev–Trinajstić information content (AvgIpc) is 2.30. The van der Waals surface area contributed by atoms with Crippen LogP contribution in [-0.2, 0) is 5.41 Å². The lowest BCUT2D eigenvalue weighted by Gasteiger charge is -2.37. The molecule has 1 saturated heterocycles. The van der Waals surface area contributed by atoms with E-state index in [1.165, 1.54) is 18.4 Å². The van der Waals surface area contributed by atoms with E-state index in [-0.39, 0.29) is 5.41 Å². The second-order valence-electron chi connectivity index (χ2n) is 5.30. The molecule has 0 radical (unpaired) electrons. The summed E-state index contributed by atoms with van der Waals surface area (Å²) in [6.07, 6.45) is 2.45. The minimum absolute atomic E-state index is 0.154. The molecular weight excluding hydrogens is 198 g/mol. The van der Waals surface area contributed by atoms with Crippen molar-refractivity contribution in [2.24, 2.45) is 5.92 Å². The zero-order valence-electron chi connectivity index (χ0n) is 10.2. The van der Waals surface area contributed by atoms with Gasteiger partial charge in [-0.25, -0.2) is 0 Å². The van der Waals surface area contributed by atoms with E-state index in [4.69, 9.17) is 0 Å². The first-order chi connectivity index (χ1) is 7.60. The van der Waals surface area contributed by atoms with Crippen LogP contribution >= 0.6 is 0 Å². The molecule has 0 saturated carbocycles. The SMILES string of the molecule is CC(C)(c1cccc(O)c1)C1CCNCC1. The van der Waals surface area contributed by atoms with E-state index in [2.05, 4.69) is 25.2 Å². The number of aromatic hydroxyl groups is 1. The summed E-state index contributed by atoms with van der Waals surface area (Å²) in [7, 11) is 0. The van der Waals surface area contributed by atoms with Gasteiger partial charge in [-0.15, -0.1) is 0 Å². The van der Waals surface area contributed by atoms with E-state index in [0.29, 0.717) is 11.7 Å². The van der Waals surface area contributed by atoms with E-state index < -0.39 is 0 Å². The first-order valence-corrected chi connectivity index (χ1v) is 6.11. The van der Waals surface area contributed by atoms with Gasteiger partial charge in [0.05, 0.1) is 0 Å². The van der Waals surface area contributed by atoms with Crippen LogP contribution in [0.3, 0.4) is 0 Å². The third kappa shape index (κ3) is 2.22. The fourth-order valence-electron chi connectivity index (χ4n) is 2.69. The number of phenolic OH excluding ortho intramolecular Hbond substituents is 1. The summed E-state index contributed by atoms with van der Waals surface area (Å²) in [5.74, 6) is 1.08. The van der Waals surface area contributed by atoms with Gasteiger partial charge in [-0.3, -0.25) is 0 Å². The standard InChI is InChI=1S/C14H21NO/c1-14(2,11-6-8-15-9-7-11)12-4-3-5-13(16)10-12/h3-5,10-11,15-16H,6-9H2,1-2H3. The lowest BCUT2D eigenvalue weighted by molar-refractivity contribution is 0.246. The van der Waals surface area contributed by atoms with Crippen molar-refractivity contribution >= 4 is 0 Å². The van der Waals surface area contributed by atoms with Crippen molar-refractivity contribution in [3.63, 3.8) is 0 Å². The van der Waals surface area contributed by atoms with Crippen molar-refractivity contribution in [3.8, 4) is 5.75 Å². The summed E-state index contributed by atoms with van der Waals surface area (Å²) in [5.41, 5.74) is 1.40. The smallest absolute Gasteiger partial charge is 0.115 e.